The van der Waals surface area contributed by atoms with Crippen molar-refractivity contribution in [1.29, 1.82) is 0 Å². The van der Waals surface area contributed by atoms with Gasteiger partial charge in [0, 0.05) is 31.2 Å². The van der Waals surface area contributed by atoms with Crippen LogP contribution in [0.1, 0.15) is 23.6 Å². The van der Waals surface area contributed by atoms with E-state index in [2.05, 4.69) is 4.98 Å². The van der Waals surface area contributed by atoms with Crippen molar-refractivity contribution in [2.24, 2.45) is 5.92 Å². The van der Waals surface area contributed by atoms with Crippen LogP contribution >= 0.6 is 11.3 Å². The Morgan fingerprint density at radius 1 is 1.71 bits per heavy atom. The van der Waals surface area contributed by atoms with Crippen molar-refractivity contribution in [3.63, 3.8) is 0 Å². The minimum atomic E-state index is 0.0858. The van der Waals surface area contributed by atoms with Crippen LogP contribution < -0.4 is 0 Å². The van der Waals surface area contributed by atoms with Crippen molar-refractivity contribution >= 4 is 17.1 Å². The fourth-order valence-electron chi connectivity index (χ4n) is 2.01. The summed E-state index contributed by atoms with van der Waals surface area (Å²) < 4.78 is 5.08. The third-order valence-electron chi connectivity index (χ3n) is 2.64. The number of carbonyl (C=O) groups excluding carboxylic acids is 1. The Labute approximate surface area is 87.1 Å². The molecule has 0 bridgehead atoms. The van der Waals surface area contributed by atoms with E-state index in [9.17, 15) is 4.79 Å². The Kier molecular flexibility index (Phi) is 2.93. The molecule has 0 spiro atoms. The average Bonchev–Trinajstić information content (AvgIpc) is 2.74. The van der Waals surface area contributed by atoms with Crippen molar-refractivity contribution < 1.29 is 9.53 Å². The third-order valence-corrected chi connectivity index (χ3v) is 3.53. The number of hydrogen-bond acceptors (Lipinski definition) is 4. The van der Waals surface area contributed by atoms with Crippen LogP contribution in [0.3, 0.4) is 0 Å². The molecule has 0 saturated heterocycles. The monoisotopic (exact) mass is 211 g/mol. The summed E-state index contributed by atoms with van der Waals surface area (Å²) in [6.45, 7) is 0.695. The van der Waals surface area contributed by atoms with Gasteiger partial charge in [-0.25, -0.2) is 0 Å². The SMILES string of the molecule is COCC1CC(=O)C(c2cncs2)C1. The highest BCUT2D eigenvalue weighted by Crippen LogP contribution is 2.36. The predicted octanol–water partition coefficient (Wildman–Crippen LogP) is 1.85. The first-order valence-electron chi connectivity index (χ1n) is 4.71. The second kappa shape index (κ2) is 4.19. The molecule has 14 heavy (non-hydrogen) atoms. The van der Waals surface area contributed by atoms with Crippen LogP contribution in [0.4, 0.5) is 0 Å². The Morgan fingerprint density at radius 2 is 2.57 bits per heavy atom. The van der Waals surface area contributed by atoms with Crippen LogP contribution in [0.25, 0.3) is 0 Å². The number of Topliss-reactive ketones (excluding diaryl/α,β-unsaturated/α-hetero) is 1. The molecule has 0 N–H and O–H groups in total. The average molecular weight is 211 g/mol. The summed E-state index contributed by atoms with van der Waals surface area (Å²) in [7, 11) is 1.69. The van der Waals surface area contributed by atoms with Crippen molar-refractivity contribution in [3.8, 4) is 0 Å². The smallest absolute Gasteiger partial charge is 0.141 e. The quantitative estimate of drug-likeness (QED) is 0.766. The summed E-state index contributed by atoms with van der Waals surface area (Å²) in [5, 5.41) is 0. The van der Waals surface area contributed by atoms with Gasteiger partial charge in [-0.2, -0.15) is 0 Å². The zero-order valence-corrected chi connectivity index (χ0v) is 8.92. The second-order valence-corrected chi connectivity index (χ2v) is 4.60. The van der Waals surface area contributed by atoms with Gasteiger partial charge >= 0.3 is 0 Å². The van der Waals surface area contributed by atoms with Gasteiger partial charge in [-0.3, -0.25) is 9.78 Å². The fraction of sp³-hybridized carbons (Fsp3) is 0.600. The molecule has 1 aromatic rings. The number of nitrogens with zero attached hydrogens (tertiary/aromatic N) is 1. The van der Waals surface area contributed by atoms with Crippen molar-refractivity contribution in [3.05, 3.63) is 16.6 Å². The van der Waals surface area contributed by atoms with Gasteiger partial charge in [0.1, 0.15) is 5.78 Å². The highest BCUT2D eigenvalue weighted by atomic mass is 32.1. The molecular formula is C10H13NO2S. The van der Waals surface area contributed by atoms with Crippen LogP contribution in [-0.4, -0.2) is 24.5 Å². The van der Waals surface area contributed by atoms with Gasteiger partial charge in [0.15, 0.2) is 0 Å². The number of hydrogen-bond donors (Lipinski definition) is 0. The molecule has 2 atom stereocenters. The van der Waals surface area contributed by atoms with E-state index in [4.69, 9.17) is 4.74 Å². The lowest BCUT2D eigenvalue weighted by Gasteiger charge is -2.06. The molecule has 1 aromatic heterocycles. The Bertz CT molecular complexity index is 310. The lowest BCUT2D eigenvalue weighted by Crippen LogP contribution is -2.03. The summed E-state index contributed by atoms with van der Waals surface area (Å²) >= 11 is 1.57. The number of methoxy groups -OCH3 is 1. The van der Waals surface area contributed by atoms with Crippen molar-refractivity contribution in [2.45, 2.75) is 18.8 Å². The van der Waals surface area contributed by atoms with E-state index in [1.54, 1.807) is 24.0 Å². The summed E-state index contributed by atoms with van der Waals surface area (Å²) in [4.78, 5) is 16.8. The molecule has 1 saturated carbocycles. The van der Waals surface area contributed by atoms with Gasteiger partial charge in [0.25, 0.3) is 0 Å². The highest BCUT2D eigenvalue weighted by Gasteiger charge is 2.34. The number of ketones is 1. The van der Waals surface area contributed by atoms with E-state index in [-0.39, 0.29) is 5.92 Å². The van der Waals surface area contributed by atoms with Gasteiger partial charge < -0.3 is 4.74 Å². The maximum absolute atomic E-state index is 11.7. The largest absolute Gasteiger partial charge is 0.384 e. The van der Waals surface area contributed by atoms with E-state index in [0.29, 0.717) is 24.7 Å². The van der Waals surface area contributed by atoms with Crippen LogP contribution in [0, 0.1) is 5.92 Å². The van der Waals surface area contributed by atoms with Crippen LogP contribution in [0.5, 0.6) is 0 Å². The molecule has 0 aromatic carbocycles. The zero-order chi connectivity index (χ0) is 9.97. The van der Waals surface area contributed by atoms with Crippen molar-refractivity contribution in [2.75, 3.05) is 13.7 Å². The molecule has 1 aliphatic rings. The molecule has 76 valence electrons. The zero-order valence-electron chi connectivity index (χ0n) is 8.10. The second-order valence-electron chi connectivity index (χ2n) is 3.68. The molecule has 1 heterocycles. The number of carbonyl (C=O) groups is 1. The summed E-state index contributed by atoms with van der Waals surface area (Å²) in [5.74, 6) is 0.832. The van der Waals surface area contributed by atoms with Gasteiger partial charge in [-0.1, -0.05) is 0 Å². The topological polar surface area (TPSA) is 39.2 Å². The van der Waals surface area contributed by atoms with E-state index in [1.807, 2.05) is 6.20 Å². The lowest BCUT2D eigenvalue weighted by atomic mass is 10.0. The molecule has 0 amide bonds. The van der Waals surface area contributed by atoms with Crippen LogP contribution in [0.15, 0.2) is 11.7 Å². The van der Waals surface area contributed by atoms with Crippen LogP contribution in [0.2, 0.25) is 0 Å². The summed E-state index contributed by atoms with van der Waals surface area (Å²) in [6.07, 6.45) is 3.40. The molecule has 2 unspecified atom stereocenters. The minimum Gasteiger partial charge on any atom is -0.384 e. The maximum atomic E-state index is 11.7. The van der Waals surface area contributed by atoms with E-state index in [1.165, 1.54) is 0 Å². The first-order chi connectivity index (χ1) is 6.81. The summed E-state index contributed by atoms with van der Waals surface area (Å²) in [6, 6.07) is 0. The molecule has 1 fully saturated rings. The highest BCUT2D eigenvalue weighted by molar-refractivity contribution is 7.09. The molecule has 1 aliphatic carbocycles. The Balaban J connectivity index is 2.05. The molecule has 0 radical (unpaired) electrons. The standard InChI is InChI=1S/C10H13NO2S/c1-13-5-7-2-8(9(12)3-7)10-4-11-6-14-10/h4,6-8H,2-3,5H2,1H3. The number of rotatable bonds is 3. The first-order valence-corrected chi connectivity index (χ1v) is 5.59. The van der Waals surface area contributed by atoms with E-state index in [0.717, 1.165) is 11.3 Å². The van der Waals surface area contributed by atoms with Gasteiger partial charge in [-0.05, 0) is 12.3 Å². The predicted molar refractivity (Wildman–Crippen MR) is 54.5 cm³/mol. The normalized spacial score (nSPS) is 27.1. The molecule has 4 heteroatoms. The molecule has 3 nitrogen and oxygen atoms in total. The molecule has 2 rings (SSSR count). The van der Waals surface area contributed by atoms with Crippen molar-refractivity contribution in [1.82, 2.24) is 4.98 Å². The lowest BCUT2D eigenvalue weighted by molar-refractivity contribution is -0.118. The van der Waals surface area contributed by atoms with Gasteiger partial charge in [0.05, 0.1) is 11.4 Å². The minimum absolute atomic E-state index is 0.0858. The number of aromatic nitrogens is 1. The van der Waals surface area contributed by atoms with Crippen LogP contribution in [-0.2, 0) is 9.53 Å². The maximum Gasteiger partial charge on any atom is 0.141 e. The van der Waals surface area contributed by atoms with Gasteiger partial charge in [0.2, 0.25) is 0 Å². The Morgan fingerprint density at radius 3 is 3.21 bits per heavy atom. The molecule has 0 aliphatic heterocycles. The Hall–Kier alpha value is -0.740. The fourth-order valence-corrected chi connectivity index (χ4v) is 2.77. The number of ether oxygens (including phenoxy) is 1. The molecular weight excluding hydrogens is 198 g/mol. The van der Waals surface area contributed by atoms with Gasteiger partial charge in [-0.15, -0.1) is 11.3 Å². The summed E-state index contributed by atoms with van der Waals surface area (Å²) in [5.41, 5.74) is 1.78. The van der Waals surface area contributed by atoms with E-state index < -0.39 is 0 Å². The third kappa shape index (κ3) is 1.86. The number of thiazole rings is 1. The first kappa shape index (κ1) is 9.80. The van der Waals surface area contributed by atoms with E-state index >= 15 is 0 Å².